The average Bonchev–Trinajstić information content (AvgIpc) is 2.17. The number of aromatic nitrogens is 1. The zero-order valence-corrected chi connectivity index (χ0v) is 6.72. The molecule has 50 valence electrons. The van der Waals surface area contributed by atoms with Crippen molar-refractivity contribution in [2.75, 3.05) is 0 Å². The summed E-state index contributed by atoms with van der Waals surface area (Å²) in [6, 6.07) is 0. The number of hydrogen-bond donors (Lipinski definition) is 1. The zero-order valence-electron chi connectivity index (χ0n) is 4.40. The van der Waals surface area contributed by atoms with Gasteiger partial charge in [-0.2, -0.15) is 0 Å². The van der Waals surface area contributed by atoms with Gasteiger partial charge >= 0.3 is 0 Å². The smallest absolute Gasteiger partial charge is 0.183 e. The minimum atomic E-state index is 0.553. The highest BCUT2D eigenvalue weighted by molar-refractivity contribution is 7.15. The molecule has 9 heavy (non-hydrogen) atoms. The second-order valence-corrected chi connectivity index (χ2v) is 3.35. The summed E-state index contributed by atoms with van der Waals surface area (Å²) >= 11 is 12.2. The Morgan fingerprint density at radius 3 is 3.00 bits per heavy atom. The molecule has 0 fully saturated rings. The Morgan fingerprint density at radius 2 is 2.56 bits per heavy atom. The van der Waals surface area contributed by atoms with Crippen molar-refractivity contribution in [3.8, 4) is 0 Å². The van der Waals surface area contributed by atoms with Gasteiger partial charge < -0.3 is 0 Å². The van der Waals surface area contributed by atoms with Gasteiger partial charge in [0.25, 0.3) is 0 Å². The van der Waals surface area contributed by atoms with E-state index in [1.54, 1.807) is 6.20 Å². The van der Waals surface area contributed by atoms with Gasteiger partial charge in [-0.25, -0.2) is 9.82 Å². The third-order valence-corrected chi connectivity index (χ3v) is 2.01. The Hall–Kier alpha value is 0.170. The van der Waals surface area contributed by atoms with Gasteiger partial charge in [0.2, 0.25) is 0 Å². The van der Waals surface area contributed by atoms with E-state index < -0.39 is 0 Å². The Balaban J connectivity index is 2.61. The van der Waals surface area contributed by atoms with Crippen LogP contribution in [0.4, 0.5) is 0 Å². The Bertz CT molecular complexity index is 188. The molecule has 0 unspecified atom stereocenters. The molecule has 0 amide bonds. The minimum Gasteiger partial charge on any atom is -0.233 e. The normalized spacial score (nSPS) is 10.0. The van der Waals surface area contributed by atoms with E-state index in [4.69, 9.17) is 23.4 Å². The molecular formula is C4H4Cl2N2S. The number of nitrogens with one attached hydrogen (secondary N) is 1. The molecule has 0 spiro atoms. The van der Waals surface area contributed by atoms with Crippen LogP contribution in [0.2, 0.25) is 4.47 Å². The van der Waals surface area contributed by atoms with Gasteiger partial charge in [0, 0.05) is 17.6 Å². The lowest BCUT2D eigenvalue weighted by Gasteiger charge is -1.85. The number of nitrogens with zero attached hydrogens (tertiary/aromatic N) is 1. The molecule has 0 saturated carbocycles. The van der Waals surface area contributed by atoms with E-state index in [-0.39, 0.29) is 0 Å². The number of halogens is 2. The summed E-state index contributed by atoms with van der Waals surface area (Å²) in [4.78, 5) is 7.34. The number of rotatable bonds is 2. The maximum absolute atomic E-state index is 5.53. The highest BCUT2D eigenvalue weighted by Gasteiger charge is 1.95. The van der Waals surface area contributed by atoms with Crippen molar-refractivity contribution in [2.45, 2.75) is 6.54 Å². The second-order valence-electron chi connectivity index (χ2n) is 1.39. The molecular weight excluding hydrogens is 179 g/mol. The van der Waals surface area contributed by atoms with Crippen molar-refractivity contribution >= 4 is 34.7 Å². The first-order valence-corrected chi connectivity index (χ1v) is 3.84. The quantitative estimate of drug-likeness (QED) is 0.709. The lowest BCUT2D eigenvalue weighted by Crippen LogP contribution is -1.94. The monoisotopic (exact) mass is 182 g/mol. The van der Waals surface area contributed by atoms with Gasteiger partial charge in [-0.3, -0.25) is 0 Å². The molecule has 0 aromatic carbocycles. The summed E-state index contributed by atoms with van der Waals surface area (Å²) in [5, 5.41) is 0. The molecule has 0 aliphatic heterocycles. The average molecular weight is 183 g/mol. The number of hydrogen-bond acceptors (Lipinski definition) is 3. The molecule has 0 radical (unpaired) electrons. The molecule has 1 aromatic heterocycles. The first-order valence-electron chi connectivity index (χ1n) is 2.26. The van der Waals surface area contributed by atoms with Crippen LogP contribution >= 0.6 is 34.7 Å². The van der Waals surface area contributed by atoms with Crippen LogP contribution in [-0.4, -0.2) is 4.98 Å². The van der Waals surface area contributed by atoms with Crippen LogP contribution in [0, 0.1) is 0 Å². The summed E-state index contributed by atoms with van der Waals surface area (Å²) in [6.45, 7) is 0.617. The standard InChI is InChI=1S/C4H4Cl2N2S/c5-4-7-1-3(9-4)2-8-6/h1,8H,2H2. The van der Waals surface area contributed by atoms with Crippen molar-refractivity contribution in [3.05, 3.63) is 15.5 Å². The zero-order chi connectivity index (χ0) is 6.69. The predicted octanol–water partition coefficient (Wildman–Crippen LogP) is 2.04. The van der Waals surface area contributed by atoms with E-state index in [1.807, 2.05) is 0 Å². The van der Waals surface area contributed by atoms with Crippen LogP contribution in [0.5, 0.6) is 0 Å². The SMILES string of the molecule is ClNCc1cnc(Cl)s1. The third kappa shape index (κ3) is 2.10. The molecule has 0 atom stereocenters. The first kappa shape index (κ1) is 7.28. The summed E-state index contributed by atoms with van der Waals surface area (Å²) in [6.07, 6.45) is 1.70. The second kappa shape index (κ2) is 3.37. The van der Waals surface area contributed by atoms with Crippen LogP contribution in [0.15, 0.2) is 6.20 Å². The Labute approximate surface area is 66.9 Å². The minimum absolute atomic E-state index is 0.553. The van der Waals surface area contributed by atoms with Crippen LogP contribution in [0.3, 0.4) is 0 Å². The summed E-state index contributed by atoms with van der Waals surface area (Å²) < 4.78 is 0.553. The molecule has 1 heterocycles. The van der Waals surface area contributed by atoms with Crippen molar-refractivity contribution in [1.29, 1.82) is 0 Å². The van der Waals surface area contributed by atoms with Crippen molar-refractivity contribution < 1.29 is 0 Å². The van der Waals surface area contributed by atoms with Crippen LogP contribution in [-0.2, 0) is 6.54 Å². The maximum atomic E-state index is 5.53. The largest absolute Gasteiger partial charge is 0.233 e. The molecule has 0 aliphatic carbocycles. The summed E-state index contributed by atoms with van der Waals surface area (Å²) in [5.41, 5.74) is 0. The topological polar surface area (TPSA) is 24.9 Å². The summed E-state index contributed by atoms with van der Waals surface area (Å²) in [7, 11) is 0. The van der Waals surface area contributed by atoms with Crippen LogP contribution in [0.25, 0.3) is 0 Å². The summed E-state index contributed by atoms with van der Waals surface area (Å²) in [5.74, 6) is 0. The lowest BCUT2D eigenvalue weighted by atomic mass is 10.6. The maximum Gasteiger partial charge on any atom is 0.183 e. The molecule has 1 N–H and O–H groups in total. The van der Waals surface area contributed by atoms with Crippen molar-refractivity contribution in [1.82, 2.24) is 9.82 Å². The van der Waals surface area contributed by atoms with E-state index in [1.165, 1.54) is 11.3 Å². The van der Waals surface area contributed by atoms with Gasteiger partial charge in [0.15, 0.2) is 4.47 Å². The predicted molar refractivity (Wildman–Crippen MR) is 39.8 cm³/mol. The van der Waals surface area contributed by atoms with E-state index in [9.17, 15) is 0 Å². The van der Waals surface area contributed by atoms with Crippen molar-refractivity contribution in [2.24, 2.45) is 0 Å². The third-order valence-electron chi connectivity index (χ3n) is 0.766. The molecule has 0 aliphatic rings. The van der Waals surface area contributed by atoms with Crippen LogP contribution < -0.4 is 4.84 Å². The lowest BCUT2D eigenvalue weighted by molar-refractivity contribution is 0.982. The molecule has 2 nitrogen and oxygen atoms in total. The Kier molecular flexibility index (Phi) is 2.72. The molecule has 0 bridgehead atoms. The molecule has 1 rings (SSSR count). The molecule has 0 saturated heterocycles. The number of thiazole rings is 1. The fraction of sp³-hybridized carbons (Fsp3) is 0.250. The van der Waals surface area contributed by atoms with Crippen molar-refractivity contribution in [3.63, 3.8) is 0 Å². The molecule has 5 heteroatoms. The van der Waals surface area contributed by atoms with Gasteiger partial charge in [0.05, 0.1) is 0 Å². The van der Waals surface area contributed by atoms with E-state index in [2.05, 4.69) is 9.82 Å². The van der Waals surface area contributed by atoms with Crippen LogP contribution in [0.1, 0.15) is 4.88 Å². The van der Waals surface area contributed by atoms with Gasteiger partial charge in [-0.15, -0.1) is 11.3 Å². The highest BCUT2D eigenvalue weighted by Crippen LogP contribution is 2.16. The first-order chi connectivity index (χ1) is 4.33. The van der Waals surface area contributed by atoms with Gasteiger partial charge in [0.1, 0.15) is 0 Å². The fourth-order valence-corrected chi connectivity index (χ4v) is 1.57. The van der Waals surface area contributed by atoms with E-state index in [0.29, 0.717) is 11.0 Å². The van der Waals surface area contributed by atoms with Gasteiger partial charge in [-0.05, 0) is 11.8 Å². The highest BCUT2D eigenvalue weighted by atomic mass is 35.5. The van der Waals surface area contributed by atoms with Gasteiger partial charge in [-0.1, -0.05) is 11.6 Å². The van der Waals surface area contributed by atoms with E-state index in [0.717, 1.165) is 4.88 Å². The van der Waals surface area contributed by atoms with E-state index >= 15 is 0 Å². The molecule has 1 aromatic rings. The Morgan fingerprint density at radius 1 is 1.78 bits per heavy atom. The fourth-order valence-electron chi connectivity index (χ4n) is 0.431.